The summed E-state index contributed by atoms with van der Waals surface area (Å²) in [6.45, 7) is 0.202. The number of methoxy groups -OCH3 is 1. The van der Waals surface area contributed by atoms with E-state index < -0.39 is 12.0 Å². The molecular weight excluding hydrogens is 308 g/mol. The van der Waals surface area contributed by atoms with Crippen molar-refractivity contribution in [3.8, 4) is 0 Å². The molecule has 0 spiro atoms. The maximum absolute atomic E-state index is 12.2. The molecule has 0 saturated heterocycles. The van der Waals surface area contributed by atoms with Crippen LogP contribution in [-0.2, 0) is 11.8 Å². The number of furan rings is 1. The Kier molecular flexibility index (Phi) is 4.48. The summed E-state index contributed by atoms with van der Waals surface area (Å²) in [7, 11) is 3.15. The van der Waals surface area contributed by atoms with Gasteiger partial charge in [-0.1, -0.05) is 18.2 Å². The number of nitrogens with zero attached hydrogens (tertiary/aromatic N) is 1. The van der Waals surface area contributed by atoms with Crippen LogP contribution in [0.15, 0.2) is 57.9 Å². The topological polar surface area (TPSA) is 73.5 Å². The Balaban J connectivity index is 1.75. The summed E-state index contributed by atoms with van der Waals surface area (Å²) >= 11 is 0. The zero-order valence-corrected chi connectivity index (χ0v) is 13.5. The maximum atomic E-state index is 12.2. The zero-order valence-electron chi connectivity index (χ0n) is 13.5. The number of ether oxygens (including phenoxy) is 1. The van der Waals surface area contributed by atoms with Crippen LogP contribution in [0.2, 0.25) is 0 Å². The minimum absolute atomic E-state index is 0.0967. The third kappa shape index (κ3) is 3.09. The predicted octanol–water partition coefficient (Wildman–Crippen LogP) is 2.25. The van der Waals surface area contributed by atoms with Crippen molar-refractivity contribution >= 4 is 16.9 Å². The first kappa shape index (κ1) is 16.0. The lowest BCUT2D eigenvalue weighted by molar-refractivity contribution is 0.0746. The van der Waals surface area contributed by atoms with Crippen LogP contribution in [0.1, 0.15) is 22.2 Å². The quantitative estimate of drug-likeness (QED) is 0.780. The number of hydrogen-bond acceptors (Lipinski definition) is 4. The molecule has 3 aromatic rings. The van der Waals surface area contributed by atoms with Gasteiger partial charge in [-0.05, 0) is 24.3 Å². The molecule has 0 radical (unpaired) electrons. The number of amides is 1. The Morgan fingerprint density at radius 2 is 2.08 bits per heavy atom. The number of aryl methyl sites for hydroxylation is 1. The third-order valence-electron chi connectivity index (χ3n) is 3.86. The second-order valence-electron chi connectivity index (χ2n) is 5.46. The van der Waals surface area contributed by atoms with Crippen molar-refractivity contribution in [1.29, 1.82) is 0 Å². The molecule has 0 saturated carbocycles. The van der Waals surface area contributed by atoms with E-state index in [0.717, 1.165) is 11.0 Å². The highest BCUT2D eigenvalue weighted by molar-refractivity contribution is 5.93. The van der Waals surface area contributed by atoms with E-state index >= 15 is 0 Å². The molecule has 1 atom stereocenters. The first-order valence-electron chi connectivity index (χ1n) is 7.55. The second-order valence-corrected chi connectivity index (χ2v) is 5.46. The highest BCUT2D eigenvalue weighted by Crippen LogP contribution is 2.25. The van der Waals surface area contributed by atoms with E-state index in [-0.39, 0.29) is 17.7 Å². The lowest BCUT2D eigenvalue weighted by Gasteiger charge is -2.13. The van der Waals surface area contributed by atoms with Gasteiger partial charge in [0.15, 0.2) is 0 Å². The van der Waals surface area contributed by atoms with Gasteiger partial charge in [-0.15, -0.1) is 0 Å². The van der Waals surface area contributed by atoms with Gasteiger partial charge in [0.2, 0.25) is 0 Å². The summed E-state index contributed by atoms with van der Waals surface area (Å²) in [5.74, 6) is 0.189. The molecule has 24 heavy (non-hydrogen) atoms. The SMILES string of the molecule is CO[C@H](CNC(=O)c1cccn(C)c1=O)c1cc2ccccc2o1. The molecule has 0 aliphatic heterocycles. The van der Waals surface area contributed by atoms with Crippen LogP contribution < -0.4 is 10.9 Å². The summed E-state index contributed by atoms with van der Waals surface area (Å²) in [5, 5.41) is 3.69. The molecule has 0 aliphatic rings. The molecule has 6 nitrogen and oxygen atoms in total. The van der Waals surface area contributed by atoms with E-state index in [1.807, 2.05) is 30.3 Å². The third-order valence-corrected chi connectivity index (χ3v) is 3.86. The van der Waals surface area contributed by atoms with Crippen LogP contribution in [0.5, 0.6) is 0 Å². The zero-order chi connectivity index (χ0) is 17.1. The van der Waals surface area contributed by atoms with Gasteiger partial charge >= 0.3 is 0 Å². The van der Waals surface area contributed by atoms with Crippen molar-refractivity contribution in [2.45, 2.75) is 6.10 Å². The van der Waals surface area contributed by atoms with Crippen LogP contribution >= 0.6 is 0 Å². The Labute approximate surface area is 138 Å². The summed E-state index contributed by atoms with van der Waals surface area (Å²) in [5.41, 5.74) is 0.518. The van der Waals surface area contributed by atoms with Crippen LogP contribution in [0.3, 0.4) is 0 Å². The van der Waals surface area contributed by atoms with Crippen molar-refractivity contribution in [3.63, 3.8) is 0 Å². The van der Waals surface area contributed by atoms with E-state index in [2.05, 4.69) is 5.32 Å². The summed E-state index contributed by atoms with van der Waals surface area (Å²) in [6, 6.07) is 12.7. The number of aromatic nitrogens is 1. The summed E-state index contributed by atoms with van der Waals surface area (Å²) in [6.07, 6.45) is 1.17. The first-order chi connectivity index (χ1) is 11.6. The normalized spacial score (nSPS) is 12.2. The van der Waals surface area contributed by atoms with E-state index in [1.54, 1.807) is 26.4 Å². The van der Waals surface area contributed by atoms with E-state index in [4.69, 9.17) is 9.15 Å². The number of hydrogen-bond donors (Lipinski definition) is 1. The standard InChI is InChI=1S/C18H18N2O4/c1-20-9-5-7-13(18(20)22)17(21)19-11-16(23-2)15-10-12-6-3-4-8-14(12)24-15/h3-10,16H,11H2,1-2H3,(H,19,21)/t16-/m1/s1. The van der Waals surface area contributed by atoms with Crippen molar-refractivity contribution in [2.75, 3.05) is 13.7 Å². The number of rotatable bonds is 5. The Hall–Kier alpha value is -2.86. The van der Waals surface area contributed by atoms with Crippen molar-refractivity contribution in [1.82, 2.24) is 9.88 Å². The summed E-state index contributed by atoms with van der Waals surface area (Å²) in [4.78, 5) is 24.2. The Bertz CT molecular complexity index is 893. The highest BCUT2D eigenvalue weighted by atomic mass is 16.5. The molecule has 2 heterocycles. The molecule has 1 aromatic carbocycles. The van der Waals surface area contributed by atoms with Gasteiger partial charge in [0, 0.05) is 25.7 Å². The molecule has 0 aliphatic carbocycles. The fraction of sp³-hybridized carbons (Fsp3) is 0.222. The molecule has 0 unspecified atom stereocenters. The number of fused-ring (bicyclic) bond motifs is 1. The van der Waals surface area contributed by atoms with Crippen LogP contribution in [0, 0.1) is 0 Å². The minimum atomic E-state index is -0.436. The molecule has 6 heteroatoms. The molecular formula is C18H18N2O4. The molecule has 0 bridgehead atoms. The van der Waals surface area contributed by atoms with Gasteiger partial charge < -0.3 is 19.0 Å². The second kappa shape index (κ2) is 6.72. The van der Waals surface area contributed by atoms with Crippen molar-refractivity contribution in [3.05, 3.63) is 70.3 Å². The van der Waals surface area contributed by atoms with E-state index in [1.165, 1.54) is 10.6 Å². The fourth-order valence-electron chi connectivity index (χ4n) is 2.51. The molecule has 0 fully saturated rings. The largest absolute Gasteiger partial charge is 0.458 e. The number of benzene rings is 1. The van der Waals surface area contributed by atoms with Crippen LogP contribution in [-0.4, -0.2) is 24.1 Å². The van der Waals surface area contributed by atoms with Gasteiger partial charge in [0.05, 0.1) is 6.54 Å². The van der Waals surface area contributed by atoms with Gasteiger partial charge in [-0.25, -0.2) is 0 Å². The monoisotopic (exact) mass is 326 g/mol. The lowest BCUT2D eigenvalue weighted by atomic mass is 10.2. The number of pyridine rings is 1. The van der Waals surface area contributed by atoms with Gasteiger partial charge in [0.25, 0.3) is 11.5 Å². The van der Waals surface area contributed by atoms with Crippen LogP contribution in [0.4, 0.5) is 0 Å². The summed E-state index contributed by atoms with van der Waals surface area (Å²) < 4.78 is 12.5. The fourth-order valence-corrected chi connectivity index (χ4v) is 2.51. The smallest absolute Gasteiger partial charge is 0.263 e. The van der Waals surface area contributed by atoms with E-state index in [0.29, 0.717) is 5.76 Å². The van der Waals surface area contributed by atoms with Crippen molar-refractivity contribution in [2.24, 2.45) is 7.05 Å². The molecule has 3 rings (SSSR count). The predicted molar refractivity (Wildman–Crippen MR) is 90.0 cm³/mol. The molecule has 1 N–H and O–H groups in total. The van der Waals surface area contributed by atoms with Crippen molar-refractivity contribution < 1.29 is 13.9 Å². The number of carbonyl (C=O) groups excluding carboxylic acids is 1. The molecule has 2 aromatic heterocycles. The number of nitrogens with one attached hydrogen (secondary N) is 1. The van der Waals surface area contributed by atoms with Gasteiger partial charge in [-0.2, -0.15) is 0 Å². The van der Waals surface area contributed by atoms with Crippen LogP contribution in [0.25, 0.3) is 11.0 Å². The highest BCUT2D eigenvalue weighted by Gasteiger charge is 2.18. The van der Waals surface area contributed by atoms with Gasteiger partial charge in [0.1, 0.15) is 23.0 Å². The Morgan fingerprint density at radius 3 is 2.83 bits per heavy atom. The minimum Gasteiger partial charge on any atom is -0.458 e. The average Bonchev–Trinajstić information content (AvgIpc) is 3.01. The maximum Gasteiger partial charge on any atom is 0.263 e. The number of carbonyl (C=O) groups is 1. The van der Waals surface area contributed by atoms with E-state index in [9.17, 15) is 9.59 Å². The Morgan fingerprint density at radius 1 is 1.29 bits per heavy atom. The number of para-hydroxylation sites is 1. The molecule has 1 amide bonds. The average molecular weight is 326 g/mol. The first-order valence-corrected chi connectivity index (χ1v) is 7.55. The lowest BCUT2D eigenvalue weighted by Crippen LogP contribution is -2.34. The molecule has 124 valence electrons. The van der Waals surface area contributed by atoms with Gasteiger partial charge in [-0.3, -0.25) is 9.59 Å².